The Kier molecular flexibility index (Phi) is 5.87. The summed E-state index contributed by atoms with van der Waals surface area (Å²) in [5.74, 6) is -0.483. The Morgan fingerprint density at radius 1 is 0.963 bits per heavy atom. The van der Waals surface area contributed by atoms with Crippen molar-refractivity contribution in [2.75, 3.05) is 5.32 Å². The van der Waals surface area contributed by atoms with Gasteiger partial charge in [-0.05, 0) is 76.6 Å². The van der Waals surface area contributed by atoms with Gasteiger partial charge in [0.25, 0.3) is 5.91 Å². The molecule has 0 unspecified atom stereocenters. The number of ketones is 1. The second-order valence-corrected chi connectivity index (χ2v) is 9.10. The van der Waals surface area contributed by atoms with E-state index in [9.17, 15) is 18.0 Å². The molecule has 6 nitrogen and oxygen atoms in total. The maximum absolute atomic E-state index is 12.6. The molecule has 1 amide bonds. The van der Waals surface area contributed by atoms with E-state index in [0.717, 1.165) is 0 Å². The normalized spacial score (nSPS) is 11.9. The van der Waals surface area contributed by atoms with E-state index in [1.807, 2.05) is 0 Å². The Morgan fingerprint density at radius 2 is 1.56 bits per heavy atom. The van der Waals surface area contributed by atoms with Crippen LogP contribution in [-0.2, 0) is 10.0 Å². The number of carbonyl (C=O) groups is 2. The summed E-state index contributed by atoms with van der Waals surface area (Å²) in [5, 5.41) is 2.73. The highest BCUT2D eigenvalue weighted by Crippen LogP contribution is 2.19. The highest BCUT2D eigenvalue weighted by atomic mass is 32.2. The van der Waals surface area contributed by atoms with Crippen LogP contribution in [0.2, 0.25) is 0 Å². The summed E-state index contributed by atoms with van der Waals surface area (Å²) < 4.78 is 27.6. The molecule has 2 aromatic rings. The standard InChI is InChI=1S/C20H24N2O4S/c1-13-6-11-17(27(25,26)22-20(3,4)5)12-18(13)19(24)21-16-9-7-15(8-10-16)14(2)23/h6-12,22H,1-5H3,(H,21,24). The lowest BCUT2D eigenvalue weighted by atomic mass is 10.1. The lowest BCUT2D eigenvalue weighted by molar-refractivity contribution is 0.101. The summed E-state index contributed by atoms with van der Waals surface area (Å²) in [7, 11) is -3.75. The van der Waals surface area contributed by atoms with Crippen LogP contribution >= 0.6 is 0 Å². The molecule has 0 heterocycles. The second kappa shape index (κ2) is 7.62. The van der Waals surface area contributed by atoms with E-state index in [1.54, 1.807) is 58.0 Å². The van der Waals surface area contributed by atoms with Crippen LogP contribution in [-0.4, -0.2) is 25.6 Å². The zero-order valence-electron chi connectivity index (χ0n) is 16.1. The van der Waals surface area contributed by atoms with E-state index in [2.05, 4.69) is 10.0 Å². The van der Waals surface area contributed by atoms with Crippen LogP contribution < -0.4 is 10.0 Å². The number of carbonyl (C=O) groups excluding carboxylic acids is 2. The van der Waals surface area contributed by atoms with E-state index in [-0.39, 0.29) is 16.2 Å². The van der Waals surface area contributed by atoms with Crippen LogP contribution in [0.4, 0.5) is 5.69 Å². The zero-order valence-corrected chi connectivity index (χ0v) is 16.9. The quantitative estimate of drug-likeness (QED) is 0.767. The lowest BCUT2D eigenvalue weighted by Gasteiger charge is -2.20. The molecule has 0 fully saturated rings. The molecule has 0 saturated heterocycles. The summed E-state index contributed by atoms with van der Waals surface area (Å²) in [6, 6.07) is 10.9. The van der Waals surface area contributed by atoms with E-state index < -0.39 is 21.5 Å². The topological polar surface area (TPSA) is 92.3 Å². The molecule has 0 radical (unpaired) electrons. The molecule has 27 heavy (non-hydrogen) atoms. The maximum atomic E-state index is 12.6. The molecule has 0 aliphatic carbocycles. The Bertz CT molecular complexity index is 972. The third-order valence-electron chi connectivity index (χ3n) is 3.75. The number of amides is 1. The van der Waals surface area contributed by atoms with E-state index >= 15 is 0 Å². The van der Waals surface area contributed by atoms with Gasteiger partial charge in [0.05, 0.1) is 4.90 Å². The summed E-state index contributed by atoms with van der Waals surface area (Å²) in [5.41, 5.74) is 1.35. The van der Waals surface area contributed by atoms with Gasteiger partial charge < -0.3 is 5.32 Å². The number of anilines is 1. The van der Waals surface area contributed by atoms with Crippen molar-refractivity contribution in [1.29, 1.82) is 0 Å². The second-order valence-electron chi connectivity index (χ2n) is 7.42. The minimum Gasteiger partial charge on any atom is -0.322 e. The van der Waals surface area contributed by atoms with Gasteiger partial charge >= 0.3 is 0 Å². The van der Waals surface area contributed by atoms with Crippen LogP contribution in [0.15, 0.2) is 47.4 Å². The minimum absolute atomic E-state index is 0.0279. The summed E-state index contributed by atoms with van der Waals surface area (Å²) >= 11 is 0. The molecule has 0 aliphatic heterocycles. The largest absolute Gasteiger partial charge is 0.322 e. The van der Waals surface area contributed by atoms with Gasteiger partial charge in [-0.25, -0.2) is 13.1 Å². The fourth-order valence-corrected chi connectivity index (χ4v) is 3.91. The zero-order chi connectivity index (χ0) is 20.4. The predicted octanol–water partition coefficient (Wildman–Crippen LogP) is 3.53. The van der Waals surface area contributed by atoms with Crippen LogP contribution in [0, 0.1) is 6.92 Å². The van der Waals surface area contributed by atoms with Crippen LogP contribution in [0.25, 0.3) is 0 Å². The van der Waals surface area contributed by atoms with Crippen molar-refractivity contribution in [3.63, 3.8) is 0 Å². The molecule has 0 aliphatic rings. The number of rotatable bonds is 5. The van der Waals surface area contributed by atoms with Crippen molar-refractivity contribution in [2.45, 2.75) is 45.1 Å². The first-order valence-corrected chi connectivity index (χ1v) is 9.94. The van der Waals surface area contributed by atoms with Gasteiger partial charge in [-0.3, -0.25) is 9.59 Å². The van der Waals surface area contributed by atoms with E-state index in [4.69, 9.17) is 0 Å². The first-order valence-electron chi connectivity index (χ1n) is 8.46. The van der Waals surface area contributed by atoms with Crippen molar-refractivity contribution in [1.82, 2.24) is 4.72 Å². The summed E-state index contributed by atoms with van der Waals surface area (Å²) in [6.07, 6.45) is 0. The smallest absolute Gasteiger partial charge is 0.255 e. The molecule has 2 N–H and O–H groups in total. The average molecular weight is 388 g/mol. The molecule has 0 bridgehead atoms. The predicted molar refractivity (Wildman–Crippen MR) is 106 cm³/mol. The molecular formula is C20H24N2O4S. The van der Waals surface area contributed by atoms with Crippen molar-refractivity contribution in [2.24, 2.45) is 0 Å². The fraction of sp³-hybridized carbons (Fsp3) is 0.300. The fourth-order valence-electron chi connectivity index (χ4n) is 2.46. The van der Waals surface area contributed by atoms with Crippen molar-refractivity contribution >= 4 is 27.4 Å². The SMILES string of the molecule is CC(=O)c1ccc(NC(=O)c2cc(S(=O)(=O)NC(C)(C)C)ccc2C)cc1. The third-order valence-corrected chi connectivity index (χ3v) is 5.51. The van der Waals surface area contributed by atoms with Crippen molar-refractivity contribution in [3.8, 4) is 0 Å². The Morgan fingerprint density at radius 3 is 2.07 bits per heavy atom. The van der Waals surface area contributed by atoms with E-state index in [1.165, 1.54) is 19.1 Å². The first-order chi connectivity index (χ1) is 12.4. The minimum atomic E-state index is -3.75. The summed E-state index contributed by atoms with van der Waals surface area (Å²) in [4.78, 5) is 24.0. The van der Waals surface area contributed by atoms with Crippen molar-refractivity contribution in [3.05, 3.63) is 59.2 Å². The van der Waals surface area contributed by atoms with E-state index in [0.29, 0.717) is 16.8 Å². The van der Waals surface area contributed by atoms with Crippen LogP contribution in [0.5, 0.6) is 0 Å². The molecule has 144 valence electrons. The van der Waals surface area contributed by atoms with Crippen LogP contribution in [0.1, 0.15) is 54.0 Å². The number of sulfonamides is 1. The molecule has 2 aromatic carbocycles. The van der Waals surface area contributed by atoms with Gasteiger partial charge in [0, 0.05) is 22.4 Å². The molecular weight excluding hydrogens is 364 g/mol. The average Bonchev–Trinajstić information content (AvgIpc) is 2.53. The van der Waals surface area contributed by atoms with Gasteiger partial charge in [-0.15, -0.1) is 0 Å². The number of hydrogen-bond acceptors (Lipinski definition) is 4. The van der Waals surface area contributed by atoms with Gasteiger partial charge in [-0.2, -0.15) is 0 Å². The van der Waals surface area contributed by atoms with Gasteiger partial charge in [0.15, 0.2) is 5.78 Å². The molecule has 0 saturated carbocycles. The molecule has 2 rings (SSSR count). The third kappa shape index (κ3) is 5.48. The number of Topliss-reactive ketones (excluding diaryl/α,β-unsaturated/α-hetero) is 1. The van der Waals surface area contributed by atoms with Crippen molar-refractivity contribution < 1.29 is 18.0 Å². The van der Waals surface area contributed by atoms with Gasteiger partial charge in [0.1, 0.15) is 0 Å². The molecule has 0 aromatic heterocycles. The molecule has 7 heteroatoms. The number of hydrogen-bond donors (Lipinski definition) is 2. The highest BCUT2D eigenvalue weighted by Gasteiger charge is 2.23. The Hall–Kier alpha value is -2.51. The van der Waals surface area contributed by atoms with Gasteiger partial charge in [-0.1, -0.05) is 6.07 Å². The lowest BCUT2D eigenvalue weighted by Crippen LogP contribution is -2.40. The maximum Gasteiger partial charge on any atom is 0.255 e. The molecule has 0 atom stereocenters. The number of benzene rings is 2. The van der Waals surface area contributed by atoms with Crippen LogP contribution in [0.3, 0.4) is 0 Å². The Balaban J connectivity index is 2.30. The number of aryl methyl sites for hydroxylation is 1. The summed E-state index contributed by atoms with van der Waals surface area (Å²) in [6.45, 7) is 8.45. The Labute approximate surface area is 160 Å². The molecule has 0 spiro atoms. The highest BCUT2D eigenvalue weighted by molar-refractivity contribution is 7.89. The number of nitrogens with one attached hydrogen (secondary N) is 2. The first kappa shape index (κ1) is 20.8. The monoisotopic (exact) mass is 388 g/mol. The van der Waals surface area contributed by atoms with Gasteiger partial charge in [0.2, 0.25) is 10.0 Å².